The molecule has 17 unspecified atom stereocenters. The molecule has 3 saturated heterocycles. The highest BCUT2D eigenvalue weighted by atomic mass is 16.8. The number of hydrogen-bond acceptors (Lipinski definition) is 18. The highest BCUT2D eigenvalue weighted by Gasteiger charge is 2.53. The Kier molecular flexibility index (Phi) is 47.3. The predicted octanol–water partition coefficient (Wildman–Crippen LogP) is 9.44. The smallest absolute Gasteiger partial charge is 0.220 e. The van der Waals surface area contributed by atoms with Gasteiger partial charge in [0.15, 0.2) is 18.9 Å². The number of carbonyl (C=O) groups is 1. The summed E-state index contributed by atoms with van der Waals surface area (Å²) in [6, 6.07) is -0.987. The summed E-state index contributed by atoms with van der Waals surface area (Å²) >= 11 is 0. The summed E-state index contributed by atoms with van der Waals surface area (Å²) in [6.45, 7) is 1.75. The van der Waals surface area contributed by atoms with Crippen molar-refractivity contribution in [2.24, 2.45) is 0 Å². The lowest BCUT2D eigenvalue weighted by Crippen LogP contribution is -2.66. The van der Waals surface area contributed by atoms with Crippen molar-refractivity contribution in [2.45, 2.75) is 381 Å². The Morgan fingerprint density at radius 1 is 0.398 bits per heavy atom. The van der Waals surface area contributed by atoms with Gasteiger partial charge in [0, 0.05) is 6.42 Å². The molecule has 0 aromatic rings. The third kappa shape index (κ3) is 33.4. The summed E-state index contributed by atoms with van der Waals surface area (Å²) in [4.78, 5) is 13.4. The molecule has 0 aliphatic carbocycles. The van der Waals surface area contributed by atoms with Crippen molar-refractivity contribution in [1.29, 1.82) is 0 Å². The van der Waals surface area contributed by atoms with Gasteiger partial charge in [-0.15, -0.1) is 0 Å². The van der Waals surface area contributed by atoms with Crippen molar-refractivity contribution in [3.63, 3.8) is 0 Å². The molecule has 19 nitrogen and oxygen atoms in total. The maximum atomic E-state index is 13.4. The van der Waals surface area contributed by atoms with Gasteiger partial charge in [0.2, 0.25) is 5.91 Å². The number of nitrogens with one attached hydrogen (secondary N) is 1. The fraction of sp³-hybridized carbons (Fsp3) is 0.928. The lowest BCUT2D eigenvalue weighted by Gasteiger charge is -2.48. The topological polar surface area (TPSA) is 307 Å². The van der Waals surface area contributed by atoms with E-state index in [4.69, 9.17) is 28.4 Å². The summed E-state index contributed by atoms with van der Waals surface area (Å²) in [5.41, 5.74) is 0. The summed E-state index contributed by atoms with van der Waals surface area (Å²) in [6.07, 6.45) is 31.6. The van der Waals surface area contributed by atoms with E-state index in [-0.39, 0.29) is 18.9 Å². The first-order valence-corrected chi connectivity index (χ1v) is 35.6. The minimum atomic E-state index is -1.98. The second kappa shape index (κ2) is 51.7. The molecule has 0 bridgehead atoms. The second-order valence-electron chi connectivity index (χ2n) is 25.7. The van der Waals surface area contributed by atoms with Crippen LogP contribution in [-0.2, 0) is 33.2 Å². The van der Waals surface area contributed by atoms with Gasteiger partial charge in [-0.3, -0.25) is 4.79 Å². The number of allylic oxidation sites excluding steroid dienone is 3. The van der Waals surface area contributed by atoms with E-state index >= 15 is 0 Å². The van der Waals surface area contributed by atoms with Gasteiger partial charge in [0.1, 0.15) is 73.2 Å². The minimum absolute atomic E-state index is 0.241. The first-order valence-electron chi connectivity index (χ1n) is 35.6. The molecule has 3 rings (SSSR count). The Morgan fingerprint density at radius 2 is 0.727 bits per heavy atom. The second-order valence-corrected chi connectivity index (χ2v) is 25.7. The molecule has 88 heavy (non-hydrogen) atoms. The molecule has 3 aliphatic heterocycles. The van der Waals surface area contributed by atoms with Gasteiger partial charge in [0.05, 0.1) is 38.6 Å². The van der Waals surface area contributed by atoms with Gasteiger partial charge >= 0.3 is 0 Å². The van der Waals surface area contributed by atoms with E-state index in [0.717, 1.165) is 38.5 Å². The van der Waals surface area contributed by atoms with Crippen LogP contribution in [0.25, 0.3) is 0 Å². The summed E-state index contributed by atoms with van der Waals surface area (Å²) < 4.78 is 34.4. The fourth-order valence-corrected chi connectivity index (χ4v) is 12.2. The normalized spacial score (nSPS) is 28.5. The van der Waals surface area contributed by atoms with Crippen molar-refractivity contribution in [1.82, 2.24) is 5.32 Å². The van der Waals surface area contributed by atoms with Gasteiger partial charge in [-0.25, -0.2) is 0 Å². The standard InChI is InChI=1S/C69H129NO18/c1-3-5-7-9-11-13-15-17-19-21-23-25-26-27-28-30-32-34-36-38-40-42-44-46-53(74)52(70-57(75)47-45-43-41-39-37-35-33-31-29-24-22-20-18-16-14-12-10-8-6-4-2)51-83-67-63(81)60(78)65(55(49-72)85-67)88-69-64(82)61(79)66(56(50-73)86-69)87-68-62(80)59(77)58(76)54(48-71)84-68/h36,38,44,46,52-56,58-69,71-74,76-82H,3-35,37,39-43,45,47-51H2,1-2H3,(H,70,75)/b38-36+,46-44+. The molecule has 0 aromatic carbocycles. The molecule has 3 heterocycles. The number of aliphatic hydroxyl groups excluding tert-OH is 11. The molecule has 1 amide bonds. The van der Waals surface area contributed by atoms with E-state index in [1.54, 1.807) is 6.08 Å². The molecule has 3 aliphatic rings. The fourth-order valence-electron chi connectivity index (χ4n) is 12.2. The van der Waals surface area contributed by atoms with Crippen LogP contribution in [0.2, 0.25) is 0 Å². The van der Waals surface area contributed by atoms with Crippen molar-refractivity contribution in [3.05, 3.63) is 24.3 Å². The van der Waals surface area contributed by atoms with Gasteiger partial charge in [0.25, 0.3) is 0 Å². The number of aliphatic hydroxyl groups is 11. The number of ether oxygens (including phenoxy) is 6. The number of rotatable bonds is 55. The quantitative estimate of drug-likeness (QED) is 0.0199. The summed E-state index contributed by atoms with van der Waals surface area (Å²) in [5.74, 6) is -0.280. The Bertz CT molecular complexity index is 1690. The van der Waals surface area contributed by atoms with Gasteiger partial charge < -0.3 is 89.9 Å². The van der Waals surface area contributed by atoms with E-state index in [1.807, 2.05) is 6.08 Å². The Labute approximate surface area is 530 Å². The summed E-state index contributed by atoms with van der Waals surface area (Å²) in [5, 5.41) is 121. The highest BCUT2D eigenvalue weighted by molar-refractivity contribution is 5.76. The van der Waals surface area contributed by atoms with Crippen LogP contribution >= 0.6 is 0 Å². The molecule has 518 valence electrons. The van der Waals surface area contributed by atoms with Crippen LogP contribution in [0.4, 0.5) is 0 Å². The van der Waals surface area contributed by atoms with Crippen LogP contribution in [0.15, 0.2) is 24.3 Å². The Balaban J connectivity index is 1.45. The molecule has 17 atom stereocenters. The van der Waals surface area contributed by atoms with Gasteiger partial charge in [-0.05, 0) is 32.1 Å². The first kappa shape index (κ1) is 80.5. The molecule has 19 heteroatoms. The lowest BCUT2D eigenvalue weighted by molar-refractivity contribution is -0.379. The Morgan fingerprint density at radius 3 is 1.14 bits per heavy atom. The number of carbonyl (C=O) groups excluding carboxylic acids is 1. The third-order valence-electron chi connectivity index (χ3n) is 18.0. The maximum Gasteiger partial charge on any atom is 0.220 e. The largest absolute Gasteiger partial charge is 0.394 e. The SMILES string of the molecule is CCCCCCCCCCCCCCCCCCC/C=C/CC/C=C/C(O)C(COC1OC(CO)C(OC2OC(CO)C(OC3OC(CO)C(O)C(O)C3O)C(O)C2O)C(O)C1O)NC(=O)CCCCCCCCCCCCCCCCCCCCCC. The predicted molar refractivity (Wildman–Crippen MR) is 342 cm³/mol. The number of unbranched alkanes of at least 4 members (excludes halogenated alkanes) is 37. The van der Waals surface area contributed by atoms with Gasteiger partial charge in [-0.2, -0.15) is 0 Å². The van der Waals surface area contributed by atoms with Crippen LogP contribution < -0.4 is 5.32 Å². The molecule has 0 saturated carbocycles. The molecule has 12 N–H and O–H groups in total. The van der Waals surface area contributed by atoms with Crippen LogP contribution in [0.3, 0.4) is 0 Å². The lowest BCUT2D eigenvalue weighted by atomic mass is 9.96. The number of hydrogen-bond donors (Lipinski definition) is 12. The van der Waals surface area contributed by atoms with Crippen molar-refractivity contribution in [2.75, 3.05) is 26.4 Å². The van der Waals surface area contributed by atoms with Crippen LogP contribution in [0.1, 0.15) is 277 Å². The zero-order chi connectivity index (χ0) is 64.0. The van der Waals surface area contributed by atoms with Crippen molar-refractivity contribution >= 4 is 5.91 Å². The molecule has 3 fully saturated rings. The minimum Gasteiger partial charge on any atom is -0.394 e. The zero-order valence-corrected chi connectivity index (χ0v) is 54.7. The Hall–Kier alpha value is -1.73. The first-order chi connectivity index (χ1) is 42.8. The molecule has 0 aromatic heterocycles. The van der Waals surface area contributed by atoms with Gasteiger partial charge in [-0.1, -0.05) is 263 Å². The summed E-state index contributed by atoms with van der Waals surface area (Å²) in [7, 11) is 0. The van der Waals surface area contributed by atoms with E-state index < -0.39 is 124 Å². The average Bonchev–Trinajstić information content (AvgIpc) is 1.28. The van der Waals surface area contributed by atoms with E-state index in [0.29, 0.717) is 12.8 Å². The maximum absolute atomic E-state index is 13.4. The zero-order valence-electron chi connectivity index (χ0n) is 54.7. The molecular formula is C69H129NO18. The molecular weight excluding hydrogens is 1130 g/mol. The van der Waals surface area contributed by atoms with Crippen molar-refractivity contribution < 1.29 is 89.4 Å². The third-order valence-corrected chi connectivity index (χ3v) is 18.0. The van der Waals surface area contributed by atoms with E-state index in [2.05, 4.69) is 31.3 Å². The number of amides is 1. The van der Waals surface area contributed by atoms with E-state index in [9.17, 15) is 61.0 Å². The highest BCUT2D eigenvalue weighted by Crippen LogP contribution is 2.33. The van der Waals surface area contributed by atoms with Crippen LogP contribution in [-0.4, -0.2) is 193 Å². The molecule has 0 spiro atoms. The van der Waals surface area contributed by atoms with E-state index in [1.165, 1.54) is 205 Å². The average molecular weight is 1260 g/mol. The molecule has 0 radical (unpaired) electrons. The van der Waals surface area contributed by atoms with Crippen LogP contribution in [0, 0.1) is 0 Å². The monoisotopic (exact) mass is 1260 g/mol. The van der Waals surface area contributed by atoms with Crippen LogP contribution in [0.5, 0.6) is 0 Å². The van der Waals surface area contributed by atoms with Crippen molar-refractivity contribution in [3.8, 4) is 0 Å².